The molecule has 0 saturated carbocycles. The molecule has 1 heterocycles. The summed E-state index contributed by atoms with van der Waals surface area (Å²) in [5.41, 5.74) is 3.01. The summed E-state index contributed by atoms with van der Waals surface area (Å²) >= 11 is 0. The van der Waals surface area contributed by atoms with Crippen molar-refractivity contribution >= 4 is 34.7 Å². The van der Waals surface area contributed by atoms with Crippen LogP contribution in [0.25, 0.3) is 11.0 Å². The SMILES string of the molecule is COC(=O)Nc1nc2cc(Oc3ccc(NC(C)=O)cc3)c(C)cc2[nH]1. The van der Waals surface area contributed by atoms with E-state index < -0.39 is 6.09 Å². The number of nitrogens with zero attached hydrogens (tertiary/aromatic N) is 1. The van der Waals surface area contributed by atoms with Gasteiger partial charge in [-0.1, -0.05) is 0 Å². The fourth-order valence-electron chi connectivity index (χ4n) is 2.40. The zero-order chi connectivity index (χ0) is 18.7. The number of aromatic nitrogens is 2. The van der Waals surface area contributed by atoms with E-state index in [2.05, 4.69) is 25.3 Å². The molecule has 8 heteroatoms. The molecule has 0 spiro atoms. The van der Waals surface area contributed by atoms with Crippen LogP contribution in [0.15, 0.2) is 36.4 Å². The molecule has 0 atom stereocenters. The molecule has 0 aliphatic heterocycles. The zero-order valence-corrected chi connectivity index (χ0v) is 14.5. The number of carbonyl (C=O) groups is 2. The molecular weight excluding hydrogens is 336 g/mol. The first-order chi connectivity index (χ1) is 12.4. The molecule has 2 aromatic carbocycles. The van der Waals surface area contributed by atoms with E-state index in [-0.39, 0.29) is 5.91 Å². The average Bonchev–Trinajstić information content (AvgIpc) is 2.97. The van der Waals surface area contributed by atoms with Crippen molar-refractivity contribution in [2.45, 2.75) is 13.8 Å². The van der Waals surface area contributed by atoms with Gasteiger partial charge in [0.05, 0.1) is 18.1 Å². The number of ether oxygens (including phenoxy) is 2. The number of aryl methyl sites for hydroxylation is 1. The topological polar surface area (TPSA) is 105 Å². The van der Waals surface area contributed by atoms with Crippen molar-refractivity contribution in [3.8, 4) is 11.5 Å². The maximum atomic E-state index is 11.3. The number of fused-ring (bicyclic) bond motifs is 1. The Kier molecular flexibility index (Phi) is 4.74. The first-order valence-electron chi connectivity index (χ1n) is 7.85. The largest absolute Gasteiger partial charge is 0.457 e. The van der Waals surface area contributed by atoms with Crippen molar-refractivity contribution in [1.82, 2.24) is 9.97 Å². The molecular formula is C18H18N4O4. The van der Waals surface area contributed by atoms with Crippen LogP contribution in [0.2, 0.25) is 0 Å². The monoisotopic (exact) mass is 354 g/mol. The predicted octanol–water partition coefficient (Wildman–Crippen LogP) is 3.80. The van der Waals surface area contributed by atoms with Gasteiger partial charge in [-0.05, 0) is 42.8 Å². The summed E-state index contributed by atoms with van der Waals surface area (Å²) in [6.07, 6.45) is -0.600. The van der Waals surface area contributed by atoms with Gasteiger partial charge < -0.3 is 19.8 Å². The van der Waals surface area contributed by atoms with Crippen molar-refractivity contribution in [1.29, 1.82) is 0 Å². The number of carbonyl (C=O) groups excluding carboxylic acids is 2. The summed E-state index contributed by atoms with van der Waals surface area (Å²) < 4.78 is 10.5. The van der Waals surface area contributed by atoms with Crippen molar-refractivity contribution in [2.75, 3.05) is 17.7 Å². The summed E-state index contributed by atoms with van der Waals surface area (Å²) in [7, 11) is 1.28. The van der Waals surface area contributed by atoms with E-state index in [9.17, 15) is 9.59 Å². The quantitative estimate of drug-likeness (QED) is 0.661. The van der Waals surface area contributed by atoms with Gasteiger partial charge in [-0.2, -0.15) is 0 Å². The van der Waals surface area contributed by atoms with Crippen molar-refractivity contribution < 1.29 is 19.1 Å². The van der Waals surface area contributed by atoms with Crippen molar-refractivity contribution in [2.24, 2.45) is 0 Å². The molecule has 3 rings (SSSR count). The lowest BCUT2D eigenvalue weighted by molar-refractivity contribution is -0.114. The lowest BCUT2D eigenvalue weighted by Gasteiger charge is -2.09. The second-order valence-corrected chi connectivity index (χ2v) is 5.64. The molecule has 8 nitrogen and oxygen atoms in total. The zero-order valence-electron chi connectivity index (χ0n) is 14.5. The maximum absolute atomic E-state index is 11.3. The summed E-state index contributed by atoms with van der Waals surface area (Å²) in [6, 6.07) is 10.7. The second kappa shape index (κ2) is 7.14. The number of methoxy groups -OCH3 is 1. The molecule has 0 bridgehead atoms. The number of anilines is 2. The molecule has 1 aromatic heterocycles. The third kappa shape index (κ3) is 3.92. The fraction of sp³-hybridized carbons (Fsp3) is 0.167. The van der Waals surface area contributed by atoms with Gasteiger partial charge in [-0.25, -0.2) is 9.78 Å². The highest BCUT2D eigenvalue weighted by atomic mass is 16.5. The normalized spacial score (nSPS) is 10.4. The van der Waals surface area contributed by atoms with Crippen molar-refractivity contribution in [3.63, 3.8) is 0 Å². The van der Waals surface area contributed by atoms with Gasteiger partial charge >= 0.3 is 6.09 Å². The maximum Gasteiger partial charge on any atom is 0.413 e. The highest BCUT2D eigenvalue weighted by molar-refractivity contribution is 5.89. The number of hydrogen-bond acceptors (Lipinski definition) is 5. The molecule has 0 unspecified atom stereocenters. The molecule has 0 fully saturated rings. The van der Waals surface area contributed by atoms with Gasteiger partial charge in [0, 0.05) is 18.7 Å². The standard InChI is InChI=1S/C18H18N4O4/c1-10-8-14-15(21-17(20-14)22-18(24)25-3)9-16(10)26-13-6-4-12(5-7-13)19-11(2)23/h4-9H,1-3H3,(H,19,23)(H2,20,21,22,24). The molecule has 26 heavy (non-hydrogen) atoms. The minimum atomic E-state index is -0.600. The molecule has 0 radical (unpaired) electrons. The van der Waals surface area contributed by atoms with Gasteiger partial charge in [-0.3, -0.25) is 10.1 Å². The number of hydrogen-bond donors (Lipinski definition) is 3. The van der Waals surface area contributed by atoms with Crippen LogP contribution in [0.3, 0.4) is 0 Å². The van der Waals surface area contributed by atoms with E-state index in [4.69, 9.17) is 4.74 Å². The summed E-state index contributed by atoms with van der Waals surface area (Å²) in [4.78, 5) is 29.6. The van der Waals surface area contributed by atoms with Crippen LogP contribution in [0.4, 0.5) is 16.4 Å². The van der Waals surface area contributed by atoms with Gasteiger partial charge in [0.15, 0.2) is 0 Å². The lowest BCUT2D eigenvalue weighted by Crippen LogP contribution is -2.11. The number of benzene rings is 2. The summed E-state index contributed by atoms with van der Waals surface area (Å²) in [5.74, 6) is 1.43. The number of H-pyrrole nitrogens is 1. The fourth-order valence-corrected chi connectivity index (χ4v) is 2.40. The van der Waals surface area contributed by atoms with Gasteiger partial charge in [-0.15, -0.1) is 0 Å². The third-order valence-corrected chi connectivity index (χ3v) is 3.59. The number of rotatable bonds is 4. The Bertz CT molecular complexity index is 963. The predicted molar refractivity (Wildman–Crippen MR) is 97.7 cm³/mol. The Balaban J connectivity index is 1.82. The molecule has 0 aliphatic rings. The molecule has 0 saturated heterocycles. The van der Waals surface area contributed by atoms with E-state index in [0.717, 1.165) is 11.1 Å². The minimum absolute atomic E-state index is 0.130. The molecule has 3 N–H and O–H groups in total. The van der Waals surface area contributed by atoms with Crippen LogP contribution >= 0.6 is 0 Å². The van der Waals surface area contributed by atoms with Crippen LogP contribution in [0.5, 0.6) is 11.5 Å². The summed E-state index contributed by atoms with van der Waals surface area (Å²) in [5, 5.41) is 5.19. The van der Waals surface area contributed by atoms with E-state index in [1.807, 2.05) is 13.0 Å². The van der Waals surface area contributed by atoms with Gasteiger partial charge in [0.1, 0.15) is 11.5 Å². The number of nitrogens with one attached hydrogen (secondary N) is 3. The highest BCUT2D eigenvalue weighted by Gasteiger charge is 2.10. The summed E-state index contributed by atoms with van der Waals surface area (Å²) in [6.45, 7) is 3.37. The molecule has 3 aromatic rings. The van der Waals surface area contributed by atoms with Crippen LogP contribution in [-0.2, 0) is 9.53 Å². The van der Waals surface area contributed by atoms with Crippen LogP contribution in [0.1, 0.15) is 12.5 Å². The first kappa shape index (κ1) is 17.3. The Morgan fingerprint density at radius 3 is 2.50 bits per heavy atom. The lowest BCUT2D eigenvalue weighted by atomic mass is 10.2. The minimum Gasteiger partial charge on any atom is -0.457 e. The Labute approximate surface area is 149 Å². The van der Waals surface area contributed by atoms with Gasteiger partial charge in [0.25, 0.3) is 0 Å². The third-order valence-electron chi connectivity index (χ3n) is 3.59. The van der Waals surface area contributed by atoms with Crippen molar-refractivity contribution in [3.05, 3.63) is 42.0 Å². The van der Waals surface area contributed by atoms with Crippen LogP contribution in [0, 0.1) is 6.92 Å². The van der Waals surface area contributed by atoms with E-state index >= 15 is 0 Å². The van der Waals surface area contributed by atoms with E-state index in [0.29, 0.717) is 28.7 Å². The molecule has 2 amide bonds. The first-order valence-corrected chi connectivity index (χ1v) is 7.85. The smallest absolute Gasteiger partial charge is 0.413 e. The van der Waals surface area contributed by atoms with Crippen LogP contribution in [-0.4, -0.2) is 29.1 Å². The van der Waals surface area contributed by atoms with Gasteiger partial charge in [0.2, 0.25) is 11.9 Å². The molecule has 0 aliphatic carbocycles. The Hall–Kier alpha value is -3.55. The second-order valence-electron chi connectivity index (χ2n) is 5.64. The highest BCUT2D eigenvalue weighted by Crippen LogP contribution is 2.30. The average molecular weight is 354 g/mol. The van der Waals surface area contributed by atoms with E-state index in [1.54, 1.807) is 30.3 Å². The Morgan fingerprint density at radius 2 is 1.85 bits per heavy atom. The van der Waals surface area contributed by atoms with Crippen LogP contribution < -0.4 is 15.4 Å². The molecule has 134 valence electrons. The Morgan fingerprint density at radius 1 is 1.12 bits per heavy atom. The number of imidazole rings is 1. The number of amides is 2. The number of aromatic amines is 1. The van der Waals surface area contributed by atoms with E-state index in [1.165, 1.54) is 14.0 Å².